The molecule has 0 spiro atoms. The van der Waals surface area contributed by atoms with Crippen LogP contribution in [-0.2, 0) is 6.54 Å². The molecule has 0 saturated heterocycles. The first-order valence-corrected chi connectivity index (χ1v) is 11.0. The van der Waals surface area contributed by atoms with Crippen LogP contribution in [0.25, 0.3) is 0 Å². The Morgan fingerprint density at radius 1 is 0.939 bits per heavy atom. The summed E-state index contributed by atoms with van der Waals surface area (Å²) in [5.41, 5.74) is 4.39. The zero-order chi connectivity index (χ0) is 24.0. The lowest BCUT2D eigenvalue weighted by atomic mass is 10.1. The van der Waals surface area contributed by atoms with Crippen LogP contribution in [0.2, 0.25) is 0 Å². The molecule has 6 heteroatoms. The van der Waals surface area contributed by atoms with Crippen molar-refractivity contribution in [3.63, 3.8) is 0 Å². The molecule has 0 bridgehead atoms. The third-order valence-corrected chi connectivity index (χ3v) is 5.31. The van der Waals surface area contributed by atoms with Crippen molar-refractivity contribution in [2.75, 3.05) is 30.9 Å². The van der Waals surface area contributed by atoms with Crippen molar-refractivity contribution in [3.05, 3.63) is 94.8 Å². The minimum absolute atomic E-state index is 0.0283. The molecule has 172 valence electrons. The summed E-state index contributed by atoms with van der Waals surface area (Å²) in [5.74, 6) is -0.880. The number of nitrogens with one attached hydrogen (secondary N) is 1. The maximum atomic E-state index is 13.5. The van der Waals surface area contributed by atoms with Crippen LogP contribution >= 0.6 is 0 Å². The molecule has 1 N–H and O–H groups in total. The van der Waals surface area contributed by atoms with Crippen molar-refractivity contribution >= 4 is 23.2 Å². The van der Waals surface area contributed by atoms with E-state index >= 15 is 0 Å². The fraction of sp³-hybridized carbons (Fsp3) is 0.259. The van der Waals surface area contributed by atoms with Crippen molar-refractivity contribution in [1.82, 2.24) is 4.90 Å². The molecule has 3 aromatic carbocycles. The van der Waals surface area contributed by atoms with Crippen molar-refractivity contribution in [2.24, 2.45) is 0 Å². The van der Waals surface area contributed by atoms with Gasteiger partial charge >= 0.3 is 0 Å². The van der Waals surface area contributed by atoms with Gasteiger partial charge in [-0.2, -0.15) is 0 Å². The summed E-state index contributed by atoms with van der Waals surface area (Å²) in [6, 6.07) is 18.8. The third-order valence-electron chi connectivity index (χ3n) is 5.31. The van der Waals surface area contributed by atoms with Gasteiger partial charge in [0.25, 0.3) is 11.8 Å². The minimum atomic E-state index is -0.462. The molecule has 3 rings (SSSR count). The Hall–Kier alpha value is -3.67. The molecule has 0 fully saturated rings. The van der Waals surface area contributed by atoms with Gasteiger partial charge in [0.15, 0.2) is 0 Å². The van der Waals surface area contributed by atoms with Crippen molar-refractivity contribution in [2.45, 2.75) is 26.8 Å². The van der Waals surface area contributed by atoms with E-state index in [9.17, 15) is 14.0 Å². The number of hydrogen-bond acceptors (Lipinski definition) is 3. The summed E-state index contributed by atoms with van der Waals surface area (Å²) in [7, 11) is 3.88. The lowest BCUT2D eigenvalue weighted by Gasteiger charge is -2.26. The van der Waals surface area contributed by atoms with E-state index in [1.165, 1.54) is 18.2 Å². The standard InChI is InChI=1S/C27H30FN3O2/c1-5-14-31(27(33)21-10-6-8-19(2)15-21)18-22-17-24(12-13-25(22)30(3)4)29-26(32)20-9-7-11-23(28)16-20/h6-13,15-17H,5,14,18H2,1-4H3,(H,29,32). The number of carbonyl (C=O) groups excluding carboxylic acids is 2. The lowest BCUT2D eigenvalue weighted by Crippen LogP contribution is -2.32. The van der Waals surface area contributed by atoms with Crippen LogP contribution < -0.4 is 10.2 Å². The second kappa shape index (κ2) is 10.8. The van der Waals surface area contributed by atoms with Crippen LogP contribution in [0, 0.1) is 12.7 Å². The van der Waals surface area contributed by atoms with Crippen molar-refractivity contribution in [1.29, 1.82) is 0 Å². The van der Waals surface area contributed by atoms with E-state index < -0.39 is 5.82 Å². The Balaban J connectivity index is 1.89. The van der Waals surface area contributed by atoms with E-state index in [4.69, 9.17) is 0 Å². The van der Waals surface area contributed by atoms with Crippen LogP contribution in [0.15, 0.2) is 66.7 Å². The molecule has 5 nitrogen and oxygen atoms in total. The van der Waals surface area contributed by atoms with Crippen LogP contribution in [0.1, 0.15) is 45.2 Å². The van der Waals surface area contributed by atoms with E-state index in [0.29, 0.717) is 24.3 Å². The summed E-state index contributed by atoms with van der Waals surface area (Å²) in [6.07, 6.45) is 0.824. The summed E-state index contributed by atoms with van der Waals surface area (Å²) in [6.45, 7) is 5.02. The highest BCUT2D eigenvalue weighted by Gasteiger charge is 2.18. The summed E-state index contributed by atoms with van der Waals surface area (Å²) in [5, 5.41) is 2.84. The third kappa shape index (κ3) is 6.19. The van der Waals surface area contributed by atoms with E-state index in [1.807, 2.05) is 80.2 Å². The first-order valence-electron chi connectivity index (χ1n) is 11.0. The number of anilines is 2. The van der Waals surface area contributed by atoms with E-state index in [-0.39, 0.29) is 17.4 Å². The fourth-order valence-electron chi connectivity index (χ4n) is 3.75. The topological polar surface area (TPSA) is 52.7 Å². The first kappa shape index (κ1) is 24.0. The average Bonchev–Trinajstić information content (AvgIpc) is 2.78. The van der Waals surface area contributed by atoms with E-state index in [1.54, 1.807) is 6.07 Å². The predicted octanol–water partition coefficient (Wildman–Crippen LogP) is 5.50. The number of carbonyl (C=O) groups is 2. The number of hydrogen-bond donors (Lipinski definition) is 1. The second-order valence-corrected chi connectivity index (χ2v) is 8.30. The van der Waals surface area contributed by atoms with Gasteiger partial charge in [0.05, 0.1) is 0 Å². The maximum Gasteiger partial charge on any atom is 0.255 e. The Bertz CT molecular complexity index is 1140. The Morgan fingerprint density at radius 3 is 2.33 bits per heavy atom. The van der Waals surface area contributed by atoms with Crippen LogP contribution in [-0.4, -0.2) is 37.4 Å². The molecule has 3 aromatic rings. The summed E-state index contributed by atoms with van der Waals surface area (Å²) < 4.78 is 13.5. The molecule has 33 heavy (non-hydrogen) atoms. The Kier molecular flexibility index (Phi) is 7.83. The van der Waals surface area contributed by atoms with Gasteiger partial charge in [-0.25, -0.2) is 4.39 Å². The molecule has 0 aliphatic heterocycles. The predicted molar refractivity (Wildman–Crippen MR) is 131 cm³/mol. The quantitative estimate of drug-likeness (QED) is 0.496. The first-order chi connectivity index (χ1) is 15.8. The summed E-state index contributed by atoms with van der Waals surface area (Å²) >= 11 is 0. The largest absolute Gasteiger partial charge is 0.377 e. The molecule has 2 amide bonds. The smallest absolute Gasteiger partial charge is 0.255 e. The Morgan fingerprint density at radius 2 is 1.67 bits per heavy atom. The number of benzene rings is 3. The molecular formula is C27H30FN3O2. The molecule has 0 aliphatic rings. The highest BCUT2D eigenvalue weighted by atomic mass is 19.1. The number of amides is 2. The molecule has 0 atom stereocenters. The van der Waals surface area contributed by atoms with E-state index in [2.05, 4.69) is 5.32 Å². The van der Waals surface area contributed by atoms with Crippen LogP contribution in [0.4, 0.5) is 15.8 Å². The number of rotatable bonds is 8. The normalized spacial score (nSPS) is 10.6. The van der Waals surface area contributed by atoms with Gasteiger partial charge in [-0.1, -0.05) is 30.7 Å². The zero-order valence-corrected chi connectivity index (χ0v) is 19.6. The van der Waals surface area contributed by atoms with Gasteiger partial charge in [-0.3, -0.25) is 9.59 Å². The molecular weight excluding hydrogens is 417 g/mol. The second-order valence-electron chi connectivity index (χ2n) is 8.30. The van der Waals surface area contributed by atoms with Gasteiger partial charge in [0.1, 0.15) is 5.82 Å². The number of halogens is 1. The SMILES string of the molecule is CCCN(Cc1cc(NC(=O)c2cccc(F)c2)ccc1N(C)C)C(=O)c1cccc(C)c1. The van der Waals surface area contributed by atoms with Crippen LogP contribution in [0.3, 0.4) is 0 Å². The monoisotopic (exact) mass is 447 g/mol. The number of aryl methyl sites for hydroxylation is 1. The molecule has 0 saturated carbocycles. The highest BCUT2D eigenvalue weighted by molar-refractivity contribution is 6.04. The van der Waals surface area contributed by atoms with Gasteiger partial charge in [0, 0.05) is 49.7 Å². The highest BCUT2D eigenvalue weighted by Crippen LogP contribution is 2.26. The molecule has 0 heterocycles. The van der Waals surface area contributed by atoms with Gasteiger partial charge in [-0.15, -0.1) is 0 Å². The zero-order valence-electron chi connectivity index (χ0n) is 19.6. The fourth-order valence-corrected chi connectivity index (χ4v) is 3.75. The van der Waals surface area contributed by atoms with Gasteiger partial charge in [0.2, 0.25) is 0 Å². The average molecular weight is 448 g/mol. The van der Waals surface area contributed by atoms with Gasteiger partial charge in [-0.05, 0) is 67.4 Å². The van der Waals surface area contributed by atoms with Crippen molar-refractivity contribution < 1.29 is 14.0 Å². The molecule has 0 aromatic heterocycles. The van der Waals surface area contributed by atoms with E-state index in [0.717, 1.165) is 23.2 Å². The minimum Gasteiger partial charge on any atom is -0.377 e. The summed E-state index contributed by atoms with van der Waals surface area (Å²) in [4.78, 5) is 29.7. The Labute approximate surface area is 194 Å². The number of nitrogens with zero attached hydrogens (tertiary/aromatic N) is 2. The molecule has 0 aliphatic carbocycles. The molecule has 0 unspecified atom stereocenters. The maximum absolute atomic E-state index is 13.5. The van der Waals surface area contributed by atoms with Crippen LogP contribution in [0.5, 0.6) is 0 Å². The van der Waals surface area contributed by atoms with Crippen molar-refractivity contribution in [3.8, 4) is 0 Å². The lowest BCUT2D eigenvalue weighted by molar-refractivity contribution is 0.0743. The molecule has 0 radical (unpaired) electrons. The van der Waals surface area contributed by atoms with Gasteiger partial charge < -0.3 is 15.1 Å².